The molecular weight excluding hydrogens is 360 g/mol. The van der Waals surface area contributed by atoms with Crippen molar-refractivity contribution in [1.29, 1.82) is 0 Å². The number of rotatable bonds is 3. The molecule has 2 amide bonds. The number of fused-ring (bicyclic) bond motifs is 1. The van der Waals surface area contributed by atoms with Gasteiger partial charge in [-0.15, -0.1) is 0 Å². The third kappa shape index (κ3) is 4.32. The molecule has 0 N–H and O–H groups in total. The molecule has 28 heavy (non-hydrogen) atoms. The predicted octanol–water partition coefficient (Wildman–Crippen LogP) is 1.86. The number of carbonyl (C=O) groups excluding carboxylic acids is 2. The minimum absolute atomic E-state index is 0.0699. The van der Waals surface area contributed by atoms with Gasteiger partial charge < -0.3 is 14.5 Å². The highest BCUT2D eigenvalue weighted by Crippen LogP contribution is 2.18. The van der Waals surface area contributed by atoms with E-state index in [0.717, 1.165) is 0 Å². The molecule has 0 spiro atoms. The van der Waals surface area contributed by atoms with Crippen LogP contribution in [-0.4, -0.2) is 63.1 Å². The van der Waals surface area contributed by atoms with Crippen molar-refractivity contribution >= 4 is 22.9 Å². The van der Waals surface area contributed by atoms with Crippen molar-refractivity contribution in [2.24, 2.45) is 0 Å². The second-order valence-corrected chi connectivity index (χ2v) is 8.07. The summed E-state index contributed by atoms with van der Waals surface area (Å²) < 4.78 is 6.72. The van der Waals surface area contributed by atoms with Crippen LogP contribution in [0.1, 0.15) is 27.2 Å². The van der Waals surface area contributed by atoms with E-state index in [-0.39, 0.29) is 24.1 Å². The standard InChI is InChI=1S/C20H26N4O4/c1-20(2,3)28-19(27)22(4)14-9-10-23(11-14)17(25)12-24-13-21-16-8-6-5-7-15(16)18(24)26/h5-8,13-14H,9-12H2,1-4H3/t14-/m1/s1. The molecule has 1 aromatic heterocycles. The van der Waals surface area contributed by atoms with E-state index in [1.807, 2.05) is 26.8 Å². The maximum Gasteiger partial charge on any atom is 0.410 e. The van der Waals surface area contributed by atoms with Gasteiger partial charge in [0, 0.05) is 20.1 Å². The number of benzene rings is 1. The van der Waals surface area contributed by atoms with E-state index >= 15 is 0 Å². The van der Waals surface area contributed by atoms with Crippen molar-refractivity contribution in [2.45, 2.75) is 45.4 Å². The van der Waals surface area contributed by atoms with Crippen LogP contribution in [0.2, 0.25) is 0 Å². The average molecular weight is 386 g/mol. The van der Waals surface area contributed by atoms with Gasteiger partial charge in [-0.05, 0) is 39.3 Å². The lowest BCUT2D eigenvalue weighted by molar-refractivity contribution is -0.131. The van der Waals surface area contributed by atoms with E-state index in [9.17, 15) is 14.4 Å². The van der Waals surface area contributed by atoms with E-state index in [1.54, 1.807) is 35.0 Å². The first-order valence-electron chi connectivity index (χ1n) is 9.33. The molecule has 0 unspecified atom stereocenters. The Bertz CT molecular complexity index is 947. The topological polar surface area (TPSA) is 84.7 Å². The fraction of sp³-hybridized carbons (Fsp3) is 0.500. The van der Waals surface area contributed by atoms with Crippen LogP contribution in [0.5, 0.6) is 0 Å². The Morgan fingerprint density at radius 1 is 1.29 bits per heavy atom. The molecule has 1 atom stereocenters. The SMILES string of the molecule is CN(C(=O)OC(C)(C)C)[C@@H]1CCN(C(=O)Cn2cnc3ccccc3c2=O)C1. The van der Waals surface area contributed by atoms with Crippen molar-refractivity contribution in [3.05, 3.63) is 40.9 Å². The van der Waals surface area contributed by atoms with Gasteiger partial charge in [0.15, 0.2) is 0 Å². The Morgan fingerprint density at radius 2 is 2.00 bits per heavy atom. The van der Waals surface area contributed by atoms with E-state index in [2.05, 4.69) is 4.98 Å². The lowest BCUT2D eigenvalue weighted by Crippen LogP contribution is -2.43. The lowest BCUT2D eigenvalue weighted by atomic mass is 10.2. The maximum absolute atomic E-state index is 12.7. The second-order valence-electron chi connectivity index (χ2n) is 8.07. The van der Waals surface area contributed by atoms with Crippen molar-refractivity contribution in [2.75, 3.05) is 20.1 Å². The summed E-state index contributed by atoms with van der Waals surface area (Å²) in [4.78, 5) is 44.9. The summed E-state index contributed by atoms with van der Waals surface area (Å²) in [5.74, 6) is -0.167. The molecule has 0 radical (unpaired) electrons. The number of likely N-dealkylation sites (N-methyl/N-ethyl adjacent to an activating group) is 1. The molecule has 150 valence electrons. The molecule has 1 aromatic carbocycles. The minimum atomic E-state index is -0.566. The largest absolute Gasteiger partial charge is 0.444 e. The summed E-state index contributed by atoms with van der Waals surface area (Å²) in [5.41, 5.74) is -0.194. The molecule has 0 saturated carbocycles. The fourth-order valence-electron chi connectivity index (χ4n) is 3.23. The lowest BCUT2D eigenvalue weighted by Gasteiger charge is -2.28. The Labute approximate surface area is 163 Å². The number of likely N-dealkylation sites (tertiary alicyclic amines) is 1. The van der Waals surface area contributed by atoms with Gasteiger partial charge in [0.2, 0.25) is 5.91 Å². The van der Waals surface area contributed by atoms with Crippen molar-refractivity contribution in [1.82, 2.24) is 19.4 Å². The van der Waals surface area contributed by atoms with Crippen LogP contribution in [0.25, 0.3) is 10.9 Å². The van der Waals surface area contributed by atoms with E-state index < -0.39 is 11.7 Å². The Balaban J connectivity index is 1.64. The molecule has 2 heterocycles. The Kier molecular flexibility index (Phi) is 5.40. The summed E-state index contributed by atoms with van der Waals surface area (Å²) in [6.45, 7) is 6.34. The van der Waals surface area contributed by atoms with E-state index in [4.69, 9.17) is 4.74 Å². The quantitative estimate of drug-likeness (QED) is 0.804. The fourth-order valence-corrected chi connectivity index (χ4v) is 3.23. The summed E-state index contributed by atoms with van der Waals surface area (Å²) in [6.07, 6.45) is 1.68. The van der Waals surface area contributed by atoms with Gasteiger partial charge >= 0.3 is 6.09 Å². The van der Waals surface area contributed by atoms with Crippen LogP contribution in [-0.2, 0) is 16.1 Å². The summed E-state index contributed by atoms with van der Waals surface area (Å²) in [6, 6.07) is 6.95. The van der Waals surface area contributed by atoms with Crippen molar-refractivity contribution in [3.63, 3.8) is 0 Å². The molecular formula is C20H26N4O4. The molecule has 1 aliphatic heterocycles. The van der Waals surface area contributed by atoms with Crippen LogP contribution in [0, 0.1) is 0 Å². The van der Waals surface area contributed by atoms with Crippen molar-refractivity contribution in [3.8, 4) is 0 Å². The van der Waals surface area contributed by atoms with Gasteiger partial charge in [0.1, 0.15) is 12.1 Å². The summed E-state index contributed by atoms with van der Waals surface area (Å²) in [7, 11) is 1.68. The summed E-state index contributed by atoms with van der Waals surface area (Å²) >= 11 is 0. The number of hydrogen-bond acceptors (Lipinski definition) is 5. The minimum Gasteiger partial charge on any atom is -0.444 e. The first-order chi connectivity index (χ1) is 13.2. The highest BCUT2D eigenvalue weighted by atomic mass is 16.6. The summed E-state index contributed by atoms with van der Waals surface area (Å²) in [5, 5.41) is 0.488. The number of hydrogen-bond donors (Lipinski definition) is 0. The van der Waals surface area contributed by atoms with E-state index in [0.29, 0.717) is 30.4 Å². The average Bonchev–Trinajstić information content (AvgIpc) is 3.12. The molecule has 8 heteroatoms. The van der Waals surface area contributed by atoms with Crippen LogP contribution in [0.3, 0.4) is 0 Å². The first kappa shape index (κ1) is 19.9. The van der Waals surface area contributed by atoms with Gasteiger partial charge in [0.05, 0.1) is 23.3 Å². The van der Waals surface area contributed by atoms with Crippen LogP contribution in [0.15, 0.2) is 35.4 Å². The van der Waals surface area contributed by atoms with Crippen molar-refractivity contribution < 1.29 is 14.3 Å². The highest BCUT2D eigenvalue weighted by molar-refractivity contribution is 5.79. The number of carbonyl (C=O) groups is 2. The zero-order valence-corrected chi connectivity index (χ0v) is 16.7. The molecule has 0 aliphatic carbocycles. The van der Waals surface area contributed by atoms with Crippen LogP contribution in [0.4, 0.5) is 4.79 Å². The Morgan fingerprint density at radius 3 is 2.71 bits per heavy atom. The third-order valence-corrected chi connectivity index (χ3v) is 4.78. The van der Waals surface area contributed by atoms with Crippen LogP contribution < -0.4 is 5.56 Å². The zero-order valence-electron chi connectivity index (χ0n) is 16.7. The Hall–Kier alpha value is -2.90. The number of nitrogens with zero attached hydrogens (tertiary/aromatic N) is 4. The number of amides is 2. The third-order valence-electron chi connectivity index (χ3n) is 4.78. The number of aromatic nitrogens is 2. The number of ether oxygens (including phenoxy) is 1. The first-order valence-corrected chi connectivity index (χ1v) is 9.33. The molecule has 1 fully saturated rings. The second kappa shape index (κ2) is 7.61. The molecule has 2 aromatic rings. The van der Waals surface area contributed by atoms with Gasteiger partial charge in [-0.25, -0.2) is 9.78 Å². The van der Waals surface area contributed by atoms with Gasteiger partial charge in [-0.3, -0.25) is 14.2 Å². The molecule has 1 saturated heterocycles. The normalized spacial score (nSPS) is 17.0. The molecule has 3 rings (SSSR count). The monoisotopic (exact) mass is 386 g/mol. The van der Waals surface area contributed by atoms with Gasteiger partial charge in [-0.1, -0.05) is 12.1 Å². The number of para-hydroxylation sites is 1. The molecule has 0 bridgehead atoms. The predicted molar refractivity (Wildman–Crippen MR) is 105 cm³/mol. The molecule has 8 nitrogen and oxygen atoms in total. The van der Waals surface area contributed by atoms with E-state index in [1.165, 1.54) is 10.9 Å². The smallest absolute Gasteiger partial charge is 0.410 e. The zero-order chi connectivity index (χ0) is 20.5. The van der Waals surface area contributed by atoms with Gasteiger partial charge in [-0.2, -0.15) is 0 Å². The van der Waals surface area contributed by atoms with Gasteiger partial charge in [0.25, 0.3) is 5.56 Å². The maximum atomic E-state index is 12.7. The highest BCUT2D eigenvalue weighted by Gasteiger charge is 2.33. The molecule has 1 aliphatic rings. The van der Waals surface area contributed by atoms with Crippen LogP contribution >= 0.6 is 0 Å².